The van der Waals surface area contributed by atoms with Crippen molar-refractivity contribution in [1.82, 2.24) is 0 Å². The normalized spacial score (nSPS) is 14.0. The first-order valence-electron chi connectivity index (χ1n) is 3.19. The Morgan fingerprint density at radius 3 is 1.80 bits per heavy atom. The van der Waals surface area contributed by atoms with Crippen LogP contribution in [-0.2, 0) is 23.4 Å². The summed E-state index contributed by atoms with van der Waals surface area (Å²) in [5.74, 6) is -1.16. The summed E-state index contributed by atoms with van der Waals surface area (Å²) in [4.78, 5) is 44.9. The van der Waals surface area contributed by atoms with Gasteiger partial charge in [0.15, 0.2) is 0 Å². The van der Waals surface area contributed by atoms with Crippen LogP contribution in [0.15, 0.2) is 12.2 Å². The van der Waals surface area contributed by atoms with Crippen LogP contribution in [0, 0.1) is 0 Å². The lowest BCUT2D eigenvalue weighted by Crippen LogP contribution is -2.10. The molecule has 0 radical (unpaired) electrons. The van der Waals surface area contributed by atoms with Gasteiger partial charge in [-0.25, -0.2) is 18.9 Å². The minimum Gasteiger partial charge on any atom is -0.387 e. The number of carbonyl (C=O) groups is 3. The summed E-state index contributed by atoms with van der Waals surface area (Å²) in [6.45, 7) is 0. The molecule has 0 fully saturated rings. The van der Waals surface area contributed by atoms with Crippen LogP contribution in [0.5, 0.6) is 0 Å². The van der Waals surface area contributed by atoms with Crippen molar-refractivity contribution >= 4 is 25.9 Å². The van der Waals surface area contributed by atoms with Crippen molar-refractivity contribution in [2.75, 3.05) is 0 Å². The van der Waals surface area contributed by atoms with Gasteiger partial charge in [-0.3, -0.25) is 9.79 Å². The highest BCUT2D eigenvalue weighted by molar-refractivity contribution is 7.46. The van der Waals surface area contributed by atoms with Crippen molar-refractivity contribution in [3.63, 3.8) is 0 Å². The molecule has 1 heterocycles. The third kappa shape index (κ3) is 8.63. The maximum absolute atomic E-state index is 9.92. The summed E-state index contributed by atoms with van der Waals surface area (Å²) in [5, 5.41) is 0. The van der Waals surface area contributed by atoms with Gasteiger partial charge in [0, 0.05) is 12.2 Å². The molecule has 10 heteroatoms. The highest BCUT2D eigenvalue weighted by Crippen LogP contribution is 2.35. The van der Waals surface area contributed by atoms with E-state index in [1.807, 2.05) is 0 Å². The molecule has 1 amide bonds. The summed E-state index contributed by atoms with van der Waals surface area (Å²) in [6.07, 6.45) is 0.684. The molecule has 4 N–H and O–H groups in total. The molecule has 1 aliphatic heterocycles. The number of hydrogen-bond acceptors (Lipinski definition) is 6. The number of nitrogens with two attached hydrogens (primary N) is 1. The molecule has 0 saturated heterocycles. The minimum absolute atomic E-state index is 0.579. The Bertz CT molecular complexity index is 338. The highest BCUT2D eigenvalue weighted by Gasteiger charge is 2.17. The van der Waals surface area contributed by atoms with Gasteiger partial charge in [0.05, 0.1) is 0 Å². The summed E-state index contributed by atoms with van der Waals surface area (Å²) >= 11 is 0. The predicted octanol–water partition coefficient (Wildman–Crippen LogP) is -1.20. The maximum Gasteiger partial charge on any atom is 0.528 e. The largest absolute Gasteiger partial charge is 0.528 e. The number of hydrogen-bond donors (Lipinski definition) is 3. The molecular formula is C5H6NO8P. The molecule has 1 aliphatic rings. The van der Waals surface area contributed by atoms with E-state index in [4.69, 9.17) is 9.79 Å². The second kappa shape index (κ2) is 5.25. The van der Waals surface area contributed by atoms with Gasteiger partial charge in [0.1, 0.15) is 0 Å². The maximum atomic E-state index is 9.92. The predicted molar refractivity (Wildman–Crippen MR) is 43.0 cm³/mol. The van der Waals surface area contributed by atoms with Crippen molar-refractivity contribution in [2.45, 2.75) is 0 Å². The van der Waals surface area contributed by atoms with Gasteiger partial charge in [-0.05, 0) is 0 Å². The lowest BCUT2D eigenvalue weighted by Gasteiger charge is -1.98. The fourth-order valence-corrected chi connectivity index (χ4v) is 0.655. The number of amides is 1. The van der Waals surface area contributed by atoms with Crippen molar-refractivity contribution < 1.29 is 38.0 Å². The molecule has 1 rings (SSSR count). The van der Waals surface area contributed by atoms with Gasteiger partial charge in [0.2, 0.25) is 0 Å². The van der Waals surface area contributed by atoms with E-state index in [0.29, 0.717) is 0 Å². The lowest BCUT2D eigenvalue weighted by atomic mass is 10.6. The fraction of sp³-hybridized carbons (Fsp3) is 0. The van der Waals surface area contributed by atoms with Crippen molar-refractivity contribution in [2.24, 2.45) is 5.73 Å². The second-order valence-corrected chi connectivity index (χ2v) is 3.14. The molecule has 0 spiro atoms. The molecule has 84 valence electrons. The van der Waals surface area contributed by atoms with E-state index in [9.17, 15) is 18.9 Å². The third-order valence-corrected chi connectivity index (χ3v) is 1.18. The smallest absolute Gasteiger partial charge is 0.387 e. The van der Waals surface area contributed by atoms with Crippen LogP contribution >= 0.6 is 7.82 Å². The van der Waals surface area contributed by atoms with Crippen LogP contribution in [0.1, 0.15) is 0 Å². The van der Waals surface area contributed by atoms with E-state index in [0.717, 1.165) is 12.2 Å². The van der Waals surface area contributed by atoms with Crippen LogP contribution in [0.2, 0.25) is 0 Å². The van der Waals surface area contributed by atoms with Crippen LogP contribution < -0.4 is 5.73 Å². The van der Waals surface area contributed by atoms with Crippen molar-refractivity contribution in [3.05, 3.63) is 12.2 Å². The number of carbonyl (C=O) groups excluding carboxylic acids is 3. The van der Waals surface area contributed by atoms with Crippen LogP contribution in [0.25, 0.3) is 0 Å². The Labute approximate surface area is 82.7 Å². The lowest BCUT2D eigenvalue weighted by molar-refractivity contribution is -0.150. The van der Waals surface area contributed by atoms with Crippen LogP contribution in [0.4, 0.5) is 4.79 Å². The summed E-state index contributed by atoms with van der Waals surface area (Å²) < 4.78 is 16.8. The number of ether oxygens (including phenoxy) is 1. The van der Waals surface area contributed by atoms with Gasteiger partial charge in [-0.2, -0.15) is 0 Å². The molecule has 0 aromatic rings. The molecule has 0 aliphatic carbocycles. The van der Waals surface area contributed by atoms with Gasteiger partial charge >= 0.3 is 25.9 Å². The number of rotatable bonds is 1. The molecule has 9 nitrogen and oxygen atoms in total. The summed E-state index contributed by atoms with van der Waals surface area (Å²) in [5.41, 5.74) is 4.23. The van der Waals surface area contributed by atoms with Crippen LogP contribution in [-0.4, -0.2) is 27.8 Å². The first-order valence-corrected chi connectivity index (χ1v) is 4.72. The standard InChI is InChI=1S/C4H2O3.CH4NO5P/c5-3-1-2-4(6)7-3;2-1(3)7-8(4,5)6/h1-2H;(H2,2,3)(H2,4,5,6). The Balaban J connectivity index is 0.000000262. The van der Waals surface area contributed by atoms with Gasteiger partial charge in [-0.1, -0.05) is 0 Å². The van der Waals surface area contributed by atoms with E-state index in [2.05, 4.69) is 15.0 Å². The van der Waals surface area contributed by atoms with Gasteiger partial charge < -0.3 is 15.0 Å². The van der Waals surface area contributed by atoms with Gasteiger partial charge in [0.25, 0.3) is 0 Å². The highest BCUT2D eigenvalue weighted by atomic mass is 31.2. The molecule has 0 unspecified atom stereocenters. The molecule has 0 aromatic carbocycles. The minimum atomic E-state index is -4.70. The molecule has 0 atom stereocenters. The quantitative estimate of drug-likeness (QED) is 0.293. The zero-order valence-corrected chi connectivity index (χ0v) is 7.92. The molecule has 0 saturated carbocycles. The molecule has 0 aromatic heterocycles. The Morgan fingerprint density at radius 1 is 1.33 bits per heavy atom. The van der Waals surface area contributed by atoms with Gasteiger partial charge in [-0.15, -0.1) is 0 Å². The average molecular weight is 239 g/mol. The average Bonchev–Trinajstić information content (AvgIpc) is 2.29. The van der Waals surface area contributed by atoms with Crippen molar-refractivity contribution in [1.29, 1.82) is 0 Å². The van der Waals surface area contributed by atoms with E-state index >= 15 is 0 Å². The van der Waals surface area contributed by atoms with E-state index < -0.39 is 25.9 Å². The zero-order valence-electron chi connectivity index (χ0n) is 7.02. The van der Waals surface area contributed by atoms with Crippen molar-refractivity contribution in [3.8, 4) is 0 Å². The summed E-state index contributed by atoms with van der Waals surface area (Å²) in [7, 11) is -4.70. The third-order valence-electron chi connectivity index (χ3n) is 0.766. The second-order valence-electron chi connectivity index (χ2n) is 1.97. The number of primary amides is 1. The molecular weight excluding hydrogens is 233 g/mol. The fourth-order valence-electron chi connectivity index (χ4n) is 0.420. The zero-order chi connectivity index (χ0) is 12.1. The number of cyclic esters (lactones) is 2. The van der Waals surface area contributed by atoms with E-state index in [1.165, 1.54) is 0 Å². The van der Waals surface area contributed by atoms with E-state index in [-0.39, 0.29) is 0 Å². The SMILES string of the molecule is NC(=O)OP(=O)(O)O.O=C1C=CC(=O)O1. The topological polar surface area (TPSA) is 153 Å². The Hall–Kier alpha value is -1.70. The Morgan fingerprint density at radius 2 is 1.73 bits per heavy atom. The number of phosphoric ester groups is 1. The Kier molecular flexibility index (Phi) is 4.65. The number of phosphoric acid groups is 1. The van der Waals surface area contributed by atoms with E-state index in [1.54, 1.807) is 0 Å². The van der Waals surface area contributed by atoms with Crippen LogP contribution in [0.3, 0.4) is 0 Å². The number of esters is 2. The summed E-state index contributed by atoms with van der Waals surface area (Å²) in [6, 6.07) is 0. The molecule has 0 bridgehead atoms. The first kappa shape index (κ1) is 13.3. The first-order chi connectivity index (χ1) is 6.70. The molecule has 15 heavy (non-hydrogen) atoms. The monoisotopic (exact) mass is 239 g/mol.